The third-order valence-electron chi connectivity index (χ3n) is 3.43. The SMILES string of the molecule is Fc1ccccc1CCNc1nccc(Nc2ccccc2Br)n1. The molecule has 3 aromatic rings. The molecular formula is C18H16BrFN4. The van der Waals surface area contributed by atoms with Gasteiger partial charge in [-0.3, -0.25) is 0 Å². The summed E-state index contributed by atoms with van der Waals surface area (Å²) < 4.78 is 14.5. The number of benzene rings is 2. The van der Waals surface area contributed by atoms with Gasteiger partial charge < -0.3 is 10.6 Å². The van der Waals surface area contributed by atoms with E-state index in [4.69, 9.17) is 0 Å². The van der Waals surface area contributed by atoms with Gasteiger partial charge in [0.1, 0.15) is 11.6 Å². The van der Waals surface area contributed by atoms with Crippen molar-refractivity contribution < 1.29 is 4.39 Å². The number of nitrogens with zero attached hydrogens (tertiary/aromatic N) is 2. The highest BCUT2D eigenvalue weighted by atomic mass is 79.9. The van der Waals surface area contributed by atoms with Crippen molar-refractivity contribution >= 4 is 33.4 Å². The third kappa shape index (κ3) is 4.29. The maximum Gasteiger partial charge on any atom is 0.224 e. The molecule has 0 bridgehead atoms. The van der Waals surface area contributed by atoms with Crippen LogP contribution in [0.25, 0.3) is 0 Å². The molecular weight excluding hydrogens is 371 g/mol. The minimum absolute atomic E-state index is 0.190. The second-order valence-electron chi connectivity index (χ2n) is 5.14. The topological polar surface area (TPSA) is 49.8 Å². The summed E-state index contributed by atoms with van der Waals surface area (Å²) in [4.78, 5) is 8.60. The molecule has 122 valence electrons. The summed E-state index contributed by atoms with van der Waals surface area (Å²) in [6.45, 7) is 0.555. The quantitative estimate of drug-likeness (QED) is 0.640. The van der Waals surface area contributed by atoms with Crippen LogP contribution < -0.4 is 10.6 Å². The highest BCUT2D eigenvalue weighted by molar-refractivity contribution is 9.10. The van der Waals surface area contributed by atoms with Crippen LogP contribution in [0.3, 0.4) is 0 Å². The van der Waals surface area contributed by atoms with Crippen LogP contribution in [0.4, 0.5) is 21.8 Å². The van der Waals surface area contributed by atoms with E-state index in [0.29, 0.717) is 30.3 Å². The van der Waals surface area contributed by atoms with Crippen molar-refractivity contribution in [3.05, 3.63) is 76.6 Å². The molecule has 0 atom stereocenters. The van der Waals surface area contributed by atoms with Crippen LogP contribution in [-0.4, -0.2) is 16.5 Å². The van der Waals surface area contributed by atoms with Crippen LogP contribution in [0.2, 0.25) is 0 Å². The Bertz CT molecular complexity index is 825. The number of nitrogens with one attached hydrogen (secondary N) is 2. The van der Waals surface area contributed by atoms with Crippen LogP contribution in [0.5, 0.6) is 0 Å². The molecule has 24 heavy (non-hydrogen) atoms. The summed E-state index contributed by atoms with van der Waals surface area (Å²) in [6, 6.07) is 16.4. The van der Waals surface area contributed by atoms with Gasteiger partial charge >= 0.3 is 0 Å². The molecule has 6 heteroatoms. The van der Waals surface area contributed by atoms with Gasteiger partial charge in [0.05, 0.1) is 5.69 Å². The molecule has 1 aromatic heterocycles. The molecule has 3 rings (SSSR count). The van der Waals surface area contributed by atoms with Gasteiger partial charge in [0.2, 0.25) is 5.95 Å². The van der Waals surface area contributed by atoms with Gasteiger partial charge in [-0.15, -0.1) is 0 Å². The summed E-state index contributed by atoms with van der Waals surface area (Å²) in [5, 5.41) is 6.35. The molecule has 0 fully saturated rings. The van der Waals surface area contributed by atoms with Gasteiger partial charge in [0, 0.05) is 17.2 Å². The number of hydrogen-bond donors (Lipinski definition) is 2. The van der Waals surface area contributed by atoms with E-state index in [1.54, 1.807) is 24.4 Å². The lowest BCUT2D eigenvalue weighted by atomic mass is 10.1. The Hall–Kier alpha value is -2.47. The van der Waals surface area contributed by atoms with Crippen LogP contribution >= 0.6 is 15.9 Å². The summed E-state index contributed by atoms with van der Waals surface area (Å²) in [7, 11) is 0. The summed E-state index contributed by atoms with van der Waals surface area (Å²) in [6.07, 6.45) is 2.25. The van der Waals surface area contributed by atoms with Crippen LogP contribution in [0, 0.1) is 5.82 Å². The van der Waals surface area contributed by atoms with Gasteiger partial charge in [-0.1, -0.05) is 30.3 Å². The van der Waals surface area contributed by atoms with Crippen molar-refractivity contribution in [1.29, 1.82) is 0 Å². The maximum absolute atomic E-state index is 13.6. The lowest BCUT2D eigenvalue weighted by Crippen LogP contribution is -2.09. The first-order valence-electron chi connectivity index (χ1n) is 7.54. The molecule has 4 nitrogen and oxygen atoms in total. The Morgan fingerprint density at radius 2 is 1.79 bits per heavy atom. The van der Waals surface area contributed by atoms with Crippen molar-refractivity contribution in [2.45, 2.75) is 6.42 Å². The van der Waals surface area contributed by atoms with Crippen molar-refractivity contribution in [3.63, 3.8) is 0 Å². The smallest absolute Gasteiger partial charge is 0.224 e. The second kappa shape index (κ2) is 7.88. The molecule has 1 heterocycles. The largest absolute Gasteiger partial charge is 0.354 e. The Balaban J connectivity index is 1.61. The number of rotatable bonds is 6. The summed E-state index contributed by atoms with van der Waals surface area (Å²) in [5.41, 5.74) is 1.60. The summed E-state index contributed by atoms with van der Waals surface area (Å²) in [5.74, 6) is 0.998. The van der Waals surface area contributed by atoms with Gasteiger partial charge in [-0.05, 0) is 52.2 Å². The monoisotopic (exact) mass is 386 g/mol. The van der Waals surface area contributed by atoms with Gasteiger partial charge in [0.15, 0.2) is 0 Å². The lowest BCUT2D eigenvalue weighted by Gasteiger charge is -2.10. The Labute approximate surface area is 148 Å². The van der Waals surface area contributed by atoms with Crippen LogP contribution in [0.15, 0.2) is 65.3 Å². The van der Waals surface area contributed by atoms with Crippen molar-refractivity contribution in [3.8, 4) is 0 Å². The van der Waals surface area contributed by atoms with Crippen molar-refractivity contribution in [2.75, 3.05) is 17.2 Å². The van der Waals surface area contributed by atoms with E-state index < -0.39 is 0 Å². The molecule has 0 aliphatic carbocycles. The fourth-order valence-electron chi connectivity index (χ4n) is 2.22. The van der Waals surface area contributed by atoms with E-state index in [1.165, 1.54) is 6.07 Å². The first kappa shape index (κ1) is 16.4. The highest BCUT2D eigenvalue weighted by Crippen LogP contribution is 2.24. The molecule has 0 spiro atoms. The molecule has 0 unspecified atom stereocenters. The number of hydrogen-bond acceptors (Lipinski definition) is 4. The molecule has 2 N–H and O–H groups in total. The van der Waals surface area contributed by atoms with E-state index in [-0.39, 0.29) is 5.82 Å². The zero-order valence-corrected chi connectivity index (χ0v) is 14.4. The van der Waals surface area contributed by atoms with Crippen LogP contribution in [-0.2, 0) is 6.42 Å². The van der Waals surface area contributed by atoms with Crippen molar-refractivity contribution in [1.82, 2.24) is 9.97 Å². The number of anilines is 3. The highest BCUT2D eigenvalue weighted by Gasteiger charge is 2.04. The molecule has 2 aromatic carbocycles. The Morgan fingerprint density at radius 3 is 2.62 bits per heavy atom. The minimum atomic E-state index is -0.190. The average Bonchev–Trinajstić information content (AvgIpc) is 2.59. The number of halogens is 2. The van der Waals surface area contributed by atoms with Gasteiger partial charge in [0.25, 0.3) is 0 Å². The molecule has 0 aliphatic rings. The first-order chi connectivity index (χ1) is 11.7. The average molecular weight is 387 g/mol. The summed E-state index contributed by atoms with van der Waals surface area (Å²) >= 11 is 3.49. The van der Waals surface area contributed by atoms with Gasteiger partial charge in [-0.2, -0.15) is 4.98 Å². The van der Waals surface area contributed by atoms with Gasteiger partial charge in [-0.25, -0.2) is 9.37 Å². The lowest BCUT2D eigenvalue weighted by molar-refractivity contribution is 0.610. The van der Waals surface area contributed by atoms with E-state index >= 15 is 0 Å². The van der Waals surface area contributed by atoms with E-state index in [9.17, 15) is 4.39 Å². The van der Waals surface area contributed by atoms with E-state index in [2.05, 4.69) is 36.5 Å². The Kier molecular flexibility index (Phi) is 5.38. The zero-order chi connectivity index (χ0) is 16.8. The van der Waals surface area contributed by atoms with E-state index in [0.717, 1.165) is 10.2 Å². The molecule has 0 saturated carbocycles. The second-order valence-corrected chi connectivity index (χ2v) is 5.99. The first-order valence-corrected chi connectivity index (χ1v) is 8.33. The zero-order valence-electron chi connectivity index (χ0n) is 12.8. The predicted molar refractivity (Wildman–Crippen MR) is 98.1 cm³/mol. The third-order valence-corrected chi connectivity index (χ3v) is 4.12. The minimum Gasteiger partial charge on any atom is -0.354 e. The van der Waals surface area contributed by atoms with Crippen molar-refractivity contribution in [2.24, 2.45) is 0 Å². The molecule has 0 saturated heterocycles. The van der Waals surface area contributed by atoms with E-state index in [1.807, 2.05) is 30.3 Å². The number of aromatic nitrogens is 2. The molecule has 0 aliphatic heterocycles. The molecule has 0 amide bonds. The standard InChI is InChI=1S/C18H16BrFN4/c19-14-6-2-4-8-16(14)23-17-10-12-22-18(24-17)21-11-9-13-5-1-3-7-15(13)20/h1-8,10,12H,9,11H2,(H2,21,22,23,24). The normalized spacial score (nSPS) is 10.4. The Morgan fingerprint density at radius 1 is 1.00 bits per heavy atom. The fourth-order valence-corrected chi connectivity index (χ4v) is 2.61. The molecule has 0 radical (unpaired) electrons. The van der Waals surface area contributed by atoms with Crippen LogP contribution in [0.1, 0.15) is 5.56 Å². The maximum atomic E-state index is 13.6. The number of para-hydroxylation sites is 1. The fraction of sp³-hybridized carbons (Fsp3) is 0.111. The predicted octanol–water partition coefficient (Wildman–Crippen LogP) is 4.78.